The quantitative estimate of drug-likeness (QED) is 0.749. The van der Waals surface area contributed by atoms with Gasteiger partial charge in [0.15, 0.2) is 0 Å². The Bertz CT molecular complexity index is 1070. The maximum absolute atomic E-state index is 12.5. The fourth-order valence-corrected chi connectivity index (χ4v) is 4.09. The minimum Gasteiger partial charge on any atom is -0.322 e. The van der Waals surface area contributed by atoms with Crippen LogP contribution in [-0.2, 0) is 21.9 Å². The maximum atomic E-state index is 12.5. The highest BCUT2D eigenvalue weighted by Gasteiger charge is 2.18. The maximum Gasteiger partial charge on any atom is 0.262 e. The van der Waals surface area contributed by atoms with Crippen LogP contribution in [0, 0.1) is 13.8 Å². The van der Waals surface area contributed by atoms with Crippen LogP contribution in [0.25, 0.3) is 6.08 Å². The number of amides is 1. The molecule has 1 aromatic heterocycles. The number of aliphatic imine (C=N–C) groups is 1. The summed E-state index contributed by atoms with van der Waals surface area (Å²) in [6.07, 6.45) is 4.57. The number of nitrogens with zero attached hydrogens (tertiary/aromatic N) is 3. The number of carbonyl (C=O) groups excluding carboxylic acids is 1. The van der Waals surface area contributed by atoms with Crippen molar-refractivity contribution in [2.24, 2.45) is 12.0 Å². The van der Waals surface area contributed by atoms with Gasteiger partial charge >= 0.3 is 0 Å². The number of hydrogen-bond acceptors (Lipinski definition) is 5. The van der Waals surface area contributed by atoms with Crippen molar-refractivity contribution < 1.29 is 13.2 Å². The normalized spacial score (nSPS) is 14.3. The summed E-state index contributed by atoms with van der Waals surface area (Å²) in [7, 11) is -1.88. The molecule has 148 valence electrons. The molecule has 2 aromatic rings. The van der Waals surface area contributed by atoms with Crippen molar-refractivity contribution in [1.29, 1.82) is 0 Å². The SMILES string of the molecule is Cc1nn(C)c(C)c1/C=C/C(=O)Nc1cccc(S(=O)(=O)NC2=NCCC2)c1. The zero-order chi connectivity index (χ0) is 20.3. The lowest BCUT2D eigenvalue weighted by molar-refractivity contribution is -0.111. The largest absolute Gasteiger partial charge is 0.322 e. The molecule has 2 heterocycles. The van der Waals surface area contributed by atoms with Gasteiger partial charge in [0, 0.05) is 43.0 Å². The lowest BCUT2D eigenvalue weighted by atomic mass is 10.2. The van der Waals surface area contributed by atoms with Crippen LogP contribution in [-0.4, -0.2) is 36.5 Å². The number of nitrogens with one attached hydrogen (secondary N) is 2. The Hall–Kier alpha value is -2.94. The molecule has 1 aliphatic rings. The van der Waals surface area contributed by atoms with Gasteiger partial charge in [0.1, 0.15) is 5.84 Å². The Labute approximate surface area is 164 Å². The molecule has 0 bridgehead atoms. The molecule has 8 nitrogen and oxygen atoms in total. The molecule has 1 aromatic carbocycles. The first kappa shape index (κ1) is 19.8. The smallest absolute Gasteiger partial charge is 0.262 e. The monoisotopic (exact) mass is 401 g/mol. The third-order valence-electron chi connectivity index (χ3n) is 4.50. The predicted molar refractivity (Wildman–Crippen MR) is 109 cm³/mol. The molecule has 0 spiro atoms. The van der Waals surface area contributed by atoms with Gasteiger partial charge in [-0.1, -0.05) is 6.07 Å². The molecule has 0 atom stereocenters. The van der Waals surface area contributed by atoms with Crippen LogP contribution in [0.2, 0.25) is 0 Å². The number of amidine groups is 1. The molecule has 0 radical (unpaired) electrons. The average molecular weight is 401 g/mol. The Morgan fingerprint density at radius 3 is 2.71 bits per heavy atom. The summed E-state index contributed by atoms with van der Waals surface area (Å²) in [5.41, 5.74) is 3.06. The minimum atomic E-state index is -3.73. The molecule has 0 fully saturated rings. The van der Waals surface area contributed by atoms with Crippen molar-refractivity contribution in [2.75, 3.05) is 11.9 Å². The summed E-state index contributed by atoms with van der Waals surface area (Å²) in [4.78, 5) is 16.4. The Morgan fingerprint density at radius 2 is 2.07 bits per heavy atom. The van der Waals surface area contributed by atoms with E-state index in [0.29, 0.717) is 24.5 Å². The van der Waals surface area contributed by atoms with Gasteiger partial charge in [0.25, 0.3) is 10.0 Å². The summed E-state index contributed by atoms with van der Waals surface area (Å²) >= 11 is 0. The second kappa shape index (κ2) is 7.97. The fourth-order valence-electron chi connectivity index (χ4n) is 2.95. The van der Waals surface area contributed by atoms with Crippen molar-refractivity contribution >= 4 is 33.5 Å². The van der Waals surface area contributed by atoms with Crippen LogP contribution >= 0.6 is 0 Å². The first-order chi connectivity index (χ1) is 13.3. The molecule has 0 aliphatic carbocycles. The molecular formula is C19H23N5O3S. The van der Waals surface area contributed by atoms with E-state index in [2.05, 4.69) is 20.1 Å². The summed E-state index contributed by atoms with van der Waals surface area (Å²) in [6, 6.07) is 6.12. The van der Waals surface area contributed by atoms with Crippen molar-refractivity contribution in [2.45, 2.75) is 31.6 Å². The van der Waals surface area contributed by atoms with Crippen molar-refractivity contribution in [3.8, 4) is 0 Å². The first-order valence-electron chi connectivity index (χ1n) is 8.92. The second-order valence-corrected chi connectivity index (χ2v) is 8.28. The molecule has 1 aliphatic heterocycles. The molecule has 0 saturated carbocycles. The van der Waals surface area contributed by atoms with Crippen LogP contribution in [0.5, 0.6) is 0 Å². The number of aryl methyl sites for hydroxylation is 2. The van der Waals surface area contributed by atoms with Gasteiger partial charge in [-0.2, -0.15) is 5.10 Å². The van der Waals surface area contributed by atoms with Crippen LogP contribution in [0.4, 0.5) is 5.69 Å². The Morgan fingerprint density at radius 1 is 1.29 bits per heavy atom. The van der Waals surface area contributed by atoms with E-state index in [4.69, 9.17) is 0 Å². The number of hydrogen-bond donors (Lipinski definition) is 2. The summed E-state index contributed by atoms with van der Waals surface area (Å²) in [5, 5.41) is 6.99. The number of rotatable bonds is 5. The van der Waals surface area contributed by atoms with Gasteiger partial charge in [-0.15, -0.1) is 0 Å². The highest BCUT2D eigenvalue weighted by molar-refractivity contribution is 7.90. The topological polar surface area (TPSA) is 105 Å². The zero-order valence-electron chi connectivity index (χ0n) is 16.1. The van der Waals surface area contributed by atoms with Gasteiger partial charge in [-0.05, 0) is 44.5 Å². The Balaban J connectivity index is 1.72. The summed E-state index contributed by atoms with van der Waals surface area (Å²) in [5.74, 6) is 0.116. The molecule has 2 N–H and O–H groups in total. The number of sulfonamides is 1. The highest BCUT2D eigenvalue weighted by Crippen LogP contribution is 2.17. The van der Waals surface area contributed by atoms with E-state index < -0.39 is 10.0 Å². The van der Waals surface area contributed by atoms with Crippen molar-refractivity contribution in [3.63, 3.8) is 0 Å². The van der Waals surface area contributed by atoms with Crippen LogP contribution in [0.15, 0.2) is 40.2 Å². The van der Waals surface area contributed by atoms with Gasteiger partial charge in [0.2, 0.25) is 5.91 Å². The number of carbonyl (C=O) groups is 1. The van der Waals surface area contributed by atoms with Crippen molar-refractivity contribution in [3.05, 3.63) is 47.3 Å². The first-order valence-corrected chi connectivity index (χ1v) is 10.4. The van der Waals surface area contributed by atoms with Gasteiger partial charge in [-0.25, -0.2) is 8.42 Å². The molecule has 0 unspecified atom stereocenters. The van der Waals surface area contributed by atoms with Gasteiger partial charge in [0.05, 0.1) is 10.6 Å². The Kier molecular flexibility index (Phi) is 5.64. The molecule has 9 heteroatoms. The molecule has 0 saturated heterocycles. The van der Waals surface area contributed by atoms with Crippen LogP contribution in [0.1, 0.15) is 29.8 Å². The van der Waals surface area contributed by atoms with Crippen LogP contribution in [0.3, 0.4) is 0 Å². The fraction of sp³-hybridized carbons (Fsp3) is 0.316. The summed E-state index contributed by atoms with van der Waals surface area (Å²) < 4.78 is 29.2. The minimum absolute atomic E-state index is 0.0721. The number of benzene rings is 1. The molecule has 28 heavy (non-hydrogen) atoms. The lowest BCUT2D eigenvalue weighted by Gasteiger charge is -2.09. The predicted octanol–water partition coefficient (Wildman–Crippen LogP) is 2.16. The summed E-state index contributed by atoms with van der Waals surface area (Å²) in [6.45, 7) is 4.43. The highest BCUT2D eigenvalue weighted by atomic mass is 32.2. The average Bonchev–Trinajstić information content (AvgIpc) is 3.22. The molecule has 1 amide bonds. The van der Waals surface area contributed by atoms with E-state index >= 15 is 0 Å². The van der Waals surface area contributed by atoms with Crippen LogP contribution < -0.4 is 10.0 Å². The second-order valence-electron chi connectivity index (χ2n) is 6.60. The van der Waals surface area contributed by atoms with Crippen molar-refractivity contribution in [1.82, 2.24) is 14.5 Å². The zero-order valence-corrected chi connectivity index (χ0v) is 16.9. The van der Waals surface area contributed by atoms with Gasteiger partial charge < -0.3 is 5.32 Å². The number of anilines is 1. The third-order valence-corrected chi connectivity index (χ3v) is 5.88. The van der Waals surface area contributed by atoms with E-state index in [0.717, 1.165) is 23.4 Å². The van der Waals surface area contributed by atoms with E-state index in [9.17, 15) is 13.2 Å². The lowest BCUT2D eigenvalue weighted by Crippen LogP contribution is -2.29. The van der Waals surface area contributed by atoms with E-state index in [-0.39, 0.29) is 10.8 Å². The molecular weight excluding hydrogens is 378 g/mol. The number of aromatic nitrogens is 2. The standard InChI is InChI=1S/C19H23N5O3S/c1-13-17(14(2)24(3)22-13)9-10-19(25)21-15-6-4-7-16(12-15)28(26,27)23-18-8-5-11-20-18/h4,6-7,9-10,12H,5,8,11H2,1-3H3,(H,20,23)(H,21,25)/b10-9+. The third kappa shape index (κ3) is 4.48. The van der Waals surface area contributed by atoms with E-state index in [1.165, 1.54) is 18.2 Å². The van der Waals surface area contributed by atoms with Gasteiger partial charge in [-0.3, -0.25) is 19.2 Å². The van der Waals surface area contributed by atoms with E-state index in [1.54, 1.807) is 22.9 Å². The molecule has 3 rings (SSSR count). The van der Waals surface area contributed by atoms with E-state index in [1.807, 2.05) is 20.9 Å².